The summed E-state index contributed by atoms with van der Waals surface area (Å²) in [5.74, 6) is 0. The first kappa shape index (κ1) is 58.0. The standard InChI is InChI=1S/2C18H38.2H3O3PS.Zn/c2*1-3-5-7-9-11-13-15-17-18-16-14-12-10-8-6-4-2;2*1-4(2,3)5;/h2*3-18H2,1-2H3;2*(H3,1,2,3,5);. The van der Waals surface area contributed by atoms with E-state index in [1.807, 2.05) is 0 Å². The fraction of sp³-hybridized carbons (Fsp3) is 1.00. The maximum atomic E-state index is 7.56. The van der Waals surface area contributed by atoms with Gasteiger partial charge in [0.25, 0.3) is 0 Å². The van der Waals surface area contributed by atoms with Crippen molar-refractivity contribution in [3.63, 3.8) is 0 Å². The van der Waals surface area contributed by atoms with Crippen LogP contribution in [0, 0.1) is 0 Å². The molecule has 0 saturated carbocycles. The van der Waals surface area contributed by atoms with Crippen LogP contribution in [0.2, 0.25) is 0 Å². The summed E-state index contributed by atoms with van der Waals surface area (Å²) in [5, 5.41) is 0. The predicted molar refractivity (Wildman–Crippen MR) is 212 cm³/mol. The largest absolute Gasteiger partial charge is 0.325 e. The molecule has 0 atom stereocenters. The molecule has 0 unspecified atom stereocenters. The normalized spacial score (nSPS) is 10.9. The second-order valence-electron chi connectivity index (χ2n) is 12.9. The molecule has 0 aromatic carbocycles. The summed E-state index contributed by atoms with van der Waals surface area (Å²) in [6.07, 6.45) is 46.8. The molecule has 0 rings (SSSR count). The minimum absolute atomic E-state index is 0. The van der Waals surface area contributed by atoms with Crippen molar-refractivity contribution in [2.75, 3.05) is 0 Å². The molecule has 0 aromatic rings. The third-order valence-electron chi connectivity index (χ3n) is 7.91. The SMILES string of the molecule is CCCCCCCCCCCCCCCCCC.CCCCCCCCCCCCCCCCCC.OP(O)(O)=S.OP(O)(O)=S.[Zn]. The zero-order chi connectivity index (χ0) is 35.6. The van der Waals surface area contributed by atoms with E-state index in [-0.39, 0.29) is 19.5 Å². The van der Waals surface area contributed by atoms with Crippen molar-refractivity contribution < 1.29 is 48.8 Å². The molecule has 6 N–H and O–H groups in total. The van der Waals surface area contributed by atoms with E-state index in [2.05, 4.69) is 51.3 Å². The van der Waals surface area contributed by atoms with Crippen LogP contribution in [0.3, 0.4) is 0 Å². The Hall–Kier alpha value is 1.68. The summed E-state index contributed by atoms with van der Waals surface area (Å²) >= 11 is 7.21. The summed E-state index contributed by atoms with van der Waals surface area (Å²) in [7, 11) is 0. The summed E-state index contributed by atoms with van der Waals surface area (Å²) < 4.78 is 0. The van der Waals surface area contributed by atoms with E-state index in [1.165, 1.54) is 205 Å². The summed E-state index contributed by atoms with van der Waals surface area (Å²) in [5.41, 5.74) is 0. The number of unbranched alkanes of at least 4 members (excludes halogenated alkanes) is 30. The molecule has 0 amide bonds. The van der Waals surface area contributed by atoms with Gasteiger partial charge in [-0.1, -0.05) is 233 Å². The Morgan fingerprint density at radius 1 is 0.255 bits per heavy atom. The third-order valence-corrected chi connectivity index (χ3v) is 7.91. The predicted octanol–water partition coefficient (Wildman–Crippen LogP) is 12.9. The van der Waals surface area contributed by atoms with Crippen LogP contribution in [0.15, 0.2) is 0 Å². The molecule has 286 valence electrons. The Bertz CT molecular complexity index is 524. The van der Waals surface area contributed by atoms with Gasteiger partial charge in [0.05, 0.1) is 0 Å². The monoisotopic (exact) mass is 800 g/mol. The van der Waals surface area contributed by atoms with Gasteiger partial charge in [0.1, 0.15) is 0 Å². The average Bonchev–Trinajstić information content (AvgIpc) is 2.96. The Morgan fingerprint density at radius 2 is 0.319 bits per heavy atom. The molecule has 0 aliphatic heterocycles. The van der Waals surface area contributed by atoms with E-state index >= 15 is 0 Å². The maximum absolute atomic E-state index is 7.56. The van der Waals surface area contributed by atoms with Crippen LogP contribution >= 0.6 is 13.4 Å². The Kier molecular flexibility index (Phi) is 61.5. The van der Waals surface area contributed by atoms with Crippen LogP contribution < -0.4 is 0 Å². The molecule has 0 bridgehead atoms. The van der Waals surface area contributed by atoms with E-state index < -0.39 is 13.4 Å². The van der Waals surface area contributed by atoms with Gasteiger partial charge in [0.15, 0.2) is 0 Å². The molecule has 6 nitrogen and oxygen atoms in total. The zero-order valence-corrected chi connectivity index (χ0v) is 38.1. The van der Waals surface area contributed by atoms with Gasteiger partial charge in [0, 0.05) is 19.5 Å². The average molecular weight is 803 g/mol. The molecular weight excluding hydrogens is 720 g/mol. The molecule has 0 saturated heterocycles. The molecule has 0 aliphatic rings. The van der Waals surface area contributed by atoms with Crippen molar-refractivity contribution >= 4 is 37.1 Å². The Balaban J connectivity index is -0.000000191. The molecule has 0 aliphatic carbocycles. The van der Waals surface area contributed by atoms with Gasteiger partial charge < -0.3 is 29.4 Å². The zero-order valence-electron chi connectivity index (χ0n) is 31.7. The van der Waals surface area contributed by atoms with E-state index in [0.29, 0.717) is 0 Å². The van der Waals surface area contributed by atoms with Crippen molar-refractivity contribution in [2.24, 2.45) is 0 Å². The topological polar surface area (TPSA) is 121 Å². The van der Waals surface area contributed by atoms with E-state index in [1.54, 1.807) is 0 Å². The Morgan fingerprint density at radius 3 is 0.383 bits per heavy atom. The first-order chi connectivity index (χ1) is 21.8. The fourth-order valence-corrected chi connectivity index (χ4v) is 5.24. The maximum Gasteiger partial charge on any atom is 0.319 e. The van der Waals surface area contributed by atoms with E-state index in [9.17, 15) is 0 Å². The van der Waals surface area contributed by atoms with Gasteiger partial charge in [-0.05, 0) is 23.6 Å². The molecular formula is C36H82O6P2S2Zn. The number of rotatable bonds is 30. The third kappa shape index (κ3) is 99.1. The van der Waals surface area contributed by atoms with Crippen LogP contribution in [-0.2, 0) is 43.1 Å². The van der Waals surface area contributed by atoms with E-state index in [4.69, 9.17) is 29.4 Å². The van der Waals surface area contributed by atoms with Gasteiger partial charge >= 0.3 is 13.4 Å². The summed E-state index contributed by atoms with van der Waals surface area (Å²) in [6, 6.07) is 0. The van der Waals surface area contributed by atoms with Crippen LogP contribution in [-0.4, -0.2) is 29.4 Å². The molecule has 0 aromatic heterocycles. The van der Waals surface area contributed by atoms with Gasteiger partial charge in [0.2, 0.25) is 0 Å². The van der Waals surface area contributed by atoms with Gasteiger partial charge in [-0.25, -0.2) is 0 Å². The smallest absolute Gasteiger partial charge is 0.319 e. The van der Waals surface area contributed by atoms with Crippen molar-refractivity contribution in [2.45, 2.75) is 233 Å². The quantitative estimate of drug-likeness (QED) is 0.0241. The Labute approximate surface area is 317 Å². The van der Waals surface area contributed by atoms with Crippen LogP contribution in [0.4, 0.5) is 0 Å². The summed E-state index contributed by atoms with van der Waals surface area (Å²) in [6.45, 7) is 1.56. The second kappa shape index (κ2) is 49.8. The molecule has 47 heavy (non-hydrogen) atoms. The van der Waals surface area contributed by atoms with Crippen molar-refractivity contribution in [1.82, 2.24) is 0 Å². The van der Waals surface area contributed by atoms with Crippen molar-refractivity contribution in [1.29, 1.82) is 0 Å². The number of hydrogen-bond donors (Lipinski definition) is 6. The number of hydrogen-bond acceptors (Lipinski definition) is 2. The van der Waals surface area contributed by atoms with E-state index in [0.717, 1.165) is 0 Å². The minimum Gasteiger partial charge on any atom is -0.325 e. The van der Waals surface area contributed by atoms with Gasteiger partial charge in [-0.15, -0.1) is 0 Å². The first-order valence-electron chi connectivity index (χ1n) is 19.4. The van der Waals surface area contributed by atoms with Gasteiger partial charge in [-0.2, -0.15) is 0 Å². The molecule has 0 heterocycles. The van der Waals surface area contributed by atoms with Crippen molar-refractivity contribution in [3.05, 3.63) is 0 Å². The molecule has 0 fully saturated rings. The van der Waals surface area contributed by atoms with Crippen LogP contribution in [0.25, 0.3) is 0 Å². The molecule has 11 heteroatoms. The van der Waals surface area contributed by atoms with Crippen LogP contribution in [0.1, 0.15) is 233 Å². The molecule has 0 radical (unpaired) electrons. The molecule has 0 spiro atoms. The van der Waals surface area contributed by atoms with Crippen molar-refractivity contribution in [3.8, 4) is 0 Å². The van der Waals surface area contributed by atoms with Crippen LogP contribution in [0.5, 0.6) is 0 Å². The van der Waals surface area contributed by atoms with Gasteiger partial charge in [-0.3, -0.25) is 0 Å². The first-order valence-corrected chi connectivity index (χ1v) is 24.7. The fourth-order valence-electron chi connectivity index (χ4n) is 5.24. The summed E-state index contributed by atoms with van der Waals surface area (Å²) in [4.78, 5) is 45.3. The minimum atomic E-state index is -3.81. The second-order valence-corrected chi connectivity index (χ2v) is 17.9.